The fourth-order valence-electron chi connectivity index (χ4n) is 2.00. The minimum Gasteiger partial charge on any atom is -0.299 e. The molecule has 0 aromatic heterocycles. The standard InChI is InChI=1S/C19H16O2/c1-2-4-15-6-10-17(11-7-15)19(21)18-12-8-16(9-13-18)5-3-14-20/h2-14H,1H3/b4-2+,5-3+. The van der Waals surface area contributed by atoms with Gasteiger partial charge in [0.25, 0.3) is 0 Å². The maximum Gasteiger partial charge on any atom is 0.193 e. The first-order valence-electron chi connectivity index (χ1n) is 6.74. The van der Waals surface area contributed by atoms with E-state index in [1.165, 1.54) is 6.08 Å². The fourth-order valence-corrected chi connectivity index (χ4v) is 2.00. The number of hydrogen-bond acceptors (Lipinski definition) is 2. The Labute approximate surface area is 124 Å². The molecule has 0 saturated carbocycles. The van der Waals surface area contributed by atoms with Crippen LogP contribution < -0.4 is 0 Å². The van der Waals surface area contributed by atoms with Gasteiger partial charge in [-0.3, -0.25) is 9.59 Å². The van der Waals surface area contributed by atoms with Gasteiger partial charge < -0.3 is 0 Å². The molecule has 0 saturated heterocycles. The second-order valence-corrected chi connectivity index (χ2v) is 4.57. The lowest BCUT2D eigenvalue weighted by atomic mass is 10.0. The molecule has 2 aromatic rings. The molecule has 2 heteroatoms. The second kappa shape index (κ2) is 7.15. The average Bonchev–Trinajstić information content (AvgIpc) is 2.54. The lowest BCUT2D eigenvalue weighted by Gasteiger charge is -2.03. The van der Waals surface area contributed by atoms with E-state index >= 15 is 0 Å². The van der Waals surface area contributed by atoms with Gasteiger partial charge in [-0.05, 0) is 24.1 Å². The maximum absolute atomic E-state index is 12.3. The van der Waals surface area contributed by atoms with E-state index in [0.29, 0.717) is 11.1 Å². The number of carbonyl (C=O) groups excluding carboxylic acids is 2. The van der Waals surface area contributed by atoms with Crippen LogP contribution in [-0.4, -0.2) is 12.1 Å². The van der Waals surface area contributed by atoms with Crippen molar-refractivity contribution in [3.05, 3.63) is 82.9 Å². The summed E-state index contributed by atoms with van der Waals surface area (Å²) in [6, 6.07) is 14.7. The van der Waals surface area contributed by atoms with Gasteiger partial charge in [-0.25, -0.2) is 0 Å². The summed E-state index contributed by atoms with van der Waals surface area (Å²) in [5, 5.41) is 0. The van der Waals surface area contributed by atoms with E-state index in [1.54, 1.807) is 18.2 Å². The predicted molar refractivity (Wildman–Crippen MR) is 86.1 cm³/mol. The van der Waals surface area contributed by atoms with Gasteiger partial charge in [-0.15, -0.1) is 0 Å². The minimum absolute atomic E-state index is 0.00653. The molecule has 21 heavy (non-hydrogen) atoms. The molecule has 2 nitrogen and oxygen atoms in total. The highest BCUT2D eigenvalue weighted by Gasteiger charge is 2.08. The van der Waals surface area contributed by atoms with Gasteiger partial charge in [0.2, 0.25) is 0 Å². The van der Waals surface area contributed by atoms with Crippen molar-refractivity contribution in [2.45, 2.75) is 6.92 Å². The van der Waals surface area contributed by atoms with Gasteiger partial charge in [0.15, 0.2) is 5.78 Å². The average molecular weight is 276 g/mol. The van der Waals surface area contributed by atoms with Crippen molar-refractivity contribution in [2.24, 2.45) is 0 Å². The van der Waals surface area contributed by atoms with Crippen LogP contribution in [0.1, 0.15) is 34.0 Å². The van der Waals surface area contributed by atoms with Crippen molar-refractivity contribution in [2.75, 3.05) is 0 Å². The molecule has 0 aliphatic heterocycles. The van der Waals surface area contributed by atoms with Crippen LogP contribution in [0, 0.1) is 0 Å². The zero-order chi connectivity index (χ0) is 15.1. The summed E-state index contributed by atoms with van der Waals surface area (Å²) in [5.74, 6) is -0.00653. The normalized spacial score (nSPS) is 11.1. The van der Waals surface area contributed by atoms with Gasteiger partial charge in [0.05, 0.1) is 0 Å². The number of rotatable bonds is 5. The SMILES string of the molecule is C/C=C/c1ccc(C(=O)c2ccc(/C=C/C=O)cc2)cc1. The van der Waals surface area contributed by atoms with Crippen LogP contribution in [0.25, 0.3) is 12.2 Å². The van der Waals surface area contributed by atoms with E-state index in [0.717, 1.165) is 17.4 Å². The number of carbonyl (C=O) groups is 2. The molecule has 0 heterocycles. The first kappa shape index (κ1) is 14.7. The molecule has 0 aliphatic carbocycles. The van der Waals surface area contributed by atoms with E-state index in [2.05, 4.69) is 0 Å². The van der Waals surface area contributed by atoms with E-state index in [-0.39, 0.29) is 5.78 Å². The molecule has 0 atom stereocenters. The Hall–Kier alpha value is -2.74. The van der Waals surface area contributed by atoms with Gasteiger partial charge in [-0.1, -0.05) is 66.8 Å². The number of aldehydes is 1. The van der Waals surface area contributed by atoms with Crippen LogP contribution in [0.2, 0.25) is 0 Å². The van der Waals surface area contributed by atoms with Crippen molar-refractivity contribution in [1.29, 1.82) is 0 Å². The third-order valence-corrected chi connectivity index (χ3v) is 3.07. The van der Waals surface area contributed by atoms with Crippen LogP contribution >= 0.6 is 0 Å². The summed E-state index contributed by atoms with van der Waals surface area (Å²) in [6.45, 7) is 1.96. The van der Waals surface area contributed by atoms with Gasteiger partial charge in [0, 0.05) is 11.1 Å². The molecule has 0 aliphatic rings. The van der Waals surface area contributed by atoms with Crippen LogP contribution in [0.5, 0.6) is 0 Å². The summed E-state index contributed by atoms with van der Waals surface area (Å²) in [6.07, 6.45) is 7.81. The van der Waals surface area contributed by atoms with E-state index in [9.17, 15) is 9.59 Å². The summed E-state index contributed by atoms with van der Waals surface area (Å²) in [7, 11) is 0. The molecule has 104 valence electrons. The molecule has 2 aromatic carbocycles. The quantitative estimate of drug-likeness (QED) is 0.467. The van der Waals surface area contributed by atoms with Gasteiger partial charge in [-0.2, -0.15) is 0 Å². The zero-order valence-electron chi connectivity index (χ0n) is 11.8. The van der Waals surface area contributed by atoms with E-state index < -0.39 is 0 Å². The van der Waals surface area contributed by atoms with Crippen molar-refractivity contribution < 1.29 is 9.59 Å². The Morgan fingerprint density at radius 3 is 1.71 bits per heavy atom. The molecule has 0 amide bonds. The van der Waals surface area contributed by atoms with Crippen LogP contribution in [0.15, 0.2) is 60.7 Å². The lowest BCUT2D eigenvalue weighted by Crippen LogP contribution is -2.00. The van der Waals surface area contributed by atoms with Crippen molar-refractivity contribution in [3.8, 4) is 0 Å². The summed E-state index contributed by atoms with van der Waals surface area (Å²) in [5.41, 5.74) is 3.27. The zero-order valence-corrected chi connectivity index (χ0v) is 11.8. The van der Waals surface area contributed by atoms with E-state index in [1.807, 2.05) is 55.5 Å². The van der Waals surface area contributed by atoms with Crippen LogP contribution in [-0.2, 0) is 4.79 Å². The number of benzene rings is 2. The highest BCUT2D eigenvalue weighted by molar-refractivity contribution is 6.09. The highest BCUT2D eigenvalue weighted by atomic mass is 16.1. The molecule has 0 bridgehead atoms. The van der Waals surface area contributed by atoms with E-state index in [4.69, 9.17) is 0 Å². The molecular formula is C19H16O2. The van der Waals surface area contributed by atoms with Crippen molar-refractivity contribution >= 4 is 24.2 Å². The summed E-state index contributed by atoms with van der Waals surface area (Å²) >= 11 is 0. The smallest absolute Gasteiger partial charge is 0.193 e. The highest BCUT2D eigenvalue weighted by Crippen LogP contribution is 2.13. The van der Waals surface area contributed by atoms with Gasteiger partial charge >= 0.3 is 0 Å². The largest absolute Gasteiger partial charge is 0.299 e. The third-order valence-electron chi connectivity index (χ3n) is 3.07. The van der Waals surface area contributed by atoms with Crippen molar-refractivity contribution in [1.82, 2.24) is 0 Å². The van der Waals surface area contributed by atoms with Crippen LogP contribution in [0.4, 0.5) is 0 Å². The van der Waals surface area contributed by atoms with Crippen molar-refractivity contribution in [3.63, 3.8) is 0 Å². The Morgan fingerprint density at radius 2 is 1.29 bits per heavy atom. The van der Waals surface area contributed by atoms with Crippen LogP contribution in [0.3, 0.4) is 0 Å². The second-order valence-electron chi connectivity index (χ2n) is 4.57. The fraction of sp³-hybridized carbons (Fsp3) is 0.0526. The molecule has 2 rings (SSSR count). The molecule has 0 fully saturated rings. The summed E-state index contributed by atoms with van der Waals surface area (Å²) in [4.78, 5) is 22.6. The Balaban J connectivity index is 2.19. The number of ketones is 1. The van der Waals surface area contributed by atoms with Gasteiger partial charge in [0.1, 0.15) is 6.29 Å². The Morgan fingerprint density at radius 1 is 0.810 bits per heavy atom. The maximum atomic E-state index is 12.3. The molecular weight excluding hydrogens is 260 g/mol. The molecule has 0 N–H and O–H groups in total. The number of allylic oxidation sites excluding steroid dienone is 2. The molecule has 0 unspecified atom stereocenters. The predicted octanol–water partition coefficient (Wildman–Crippen LogP) is 4.16. The first-order chi connectivity index (χ1) is 10.2. The molecule has 0 radical (unpaired) electrons. The Bertz CT molecular complexity index is 675. The molecule has 0 spiro atoms. The lowest BCUT2D eigenvalue weighted by molar-refractivity contribution is -0.104. The topological polar surface area (TPSA) is 34.1 Å². The first-order valence-corrected chi connectivity index (χ1v) is 6.74. The third kappa shape index (κ3) is 3.86. The monoisotopic (exact) mass is 276 g/mol. The summed E-state index contributed by atoms with van der Waals surface area (Å²) < 4.78 is 0. The minimum atomic E-state index is -0.00653. The Kier molecular flexibility index (Phi) is 4.99. The number of hydrogen-bond donors (Lipinski definition) is 0.